The highest BCUT2D eigenvalue weighted by atomic mass is 79.9. The molecular weight excluding hydrogens is 352 g/mol. The van der Waals surface area contributed by atoms with E-state index in [4.69, 9.17) is 14.0 Å². The summed E-state index contributed by atoms with van der Waals surface area (Å²) in [4.78, 5) is 15.7. The van der Waals surface area contributed by atoms with Gasteiger partial charge < -0.3 is 14.0 Å². The Balaban J connectivity index is 1.67. The lowest BCUT2D eigenvalue weighted by atomic mass is 10.3. The van der Waals surface area contributed by atoms with Crippen LogP contribution in [0.5, 0.6) is 5.75 Å². The van der Waals surface area contributed by atoms with Crippen LogP contribution in [0.25, 0.3) is 0 Å². The fourth-order valence-corrected chi connectivity index (χ4v) is 2.13. The molecule has 0 bridgehead atoms. The number of benzene rings is 1. The number of carbonyl (C=O) groups is 1. The molecule has 0 fully saturated rings. The van der Waals surface area contributed by atoms with Gasteiger partial charge in [0.25, 0.3) is 5.89 Å². The van der Waals surface area contributed by atoms with E-state index in [0.717, 1.165) is 10.2 Å². The average molecular weight is 369 g/mol. The molecule has 2 rings (SSSR count). The van der Waals surface area contributed by atoms with Gasteiger partial charge in [-0.2, -0.15) is 4.98 Å². The number of carbonyl (C=O) groups excluding carboxylic acids is 1. The van der Waals surface area contributed by atoms with Crippen molar-refractivity contribution in [2.24, 2.45) is 0 Å². The van der Waals surface area contributed by atoms with Crippen molar-refractivity contribution in [2.45, 2.75) is 32.8 Å². The van der Waals surface area contributed by atoms with Crippen LogP contribution in [0.3, 0.4) is 0 Å². The van der Waals surface area contributed by atoms with Crippen LogP contribution >= 0.6 is 15.9 Å². The van der Waals surface area contributed by atoms with E-state index in [1.165, 1.54) is 0 Å². The zero-order valence-corrected chi connectivity index (χ0v) is 14.0. The van der Waals surface area contributed by atoms with Crippen molar-refractivity contribution in [3.05, 3.63) is 40.5 Å². The molecule has 1 aromatic heterocycles. The lowest BCUT2D eigenvalue weighted by molar-refractivity contribution is -0.150. The summed E-state index contributed by atoms with van der Waals surface area (Å²) in [6.07, 6.45) is 0.298. The van der Waals surface area contributed by atoms with Crippen molar-refractivity contribution in [2.75, 3.05) is 6.61 Å². The number of hydrogen-bond donors (Lipinski definition) is 0. The van der Waals surface area contributed by atoms with Gasteiger partial charge in [-0.05, 0) is 38.5 Å². The maximum atomic E-state index is 11.7. The SMILES string of the molecule is Cc1noc(C(C)OC(=O)CCCOc2cccc(Br)c2)n1. The van der Waals surface area contributed by atoms with E-state index in [1.54, 1.807) is 13.8 Å². The molecule has 1 aromatic carbocycles. The van der Waals surface area contributed by atoms with Gasteiger partial charge in [-0.3, -0.25) is 4.79 Å². The van der Waals surface area contributed by atoms with Gasteiger partial charge in [0.15, 0.2) is 11.9 Å². The molecule has 0 aliphatic rings. The summed E-state index contributed by atoms with van der Waals surface area (Å²) in [5, 5.41) is 3.66. The number of esters is 1. The van der Waals surface area contributed by atoms with Crippen LogP contribution in [-0.4, -0.2) is 22.7 Å². The maximum Gasteiger partial charge on any atom is 0.306 e. The van der Waals surface area contributed by atoms with Crippen LogP contribution in [0.4, 0.5) is 0 Å². The van der Waals surface area contributed by atoms with Gasteiger partial charge in [-0.1, -0.05) is 27.2 Å². The topological polar surface area (TPSA) is 74.5 Å². The number of halogens is 1. The van der Waals surface area contributed by atoms with Crippen molar-refractivity contribution >= 4 is 21.9 Å². The van der Waals surface area contributed by atoms with Gasteiger partial charge >= 0.3 is 5.97 Å². The van der Waals surface area contributed by atoms with Gasteiger partial charge in [-0.25, -0.2) is 0 Å². The van der Waals surface area contributed by atoms with Gasteiger partial charge in [0, 0.05) is 10.9 Å². The predicted octanol–water partition coefficient (Wildman–Crippen LogP) is 3.60. The molecule has 1 atom stereocenters. The summed E-state index contributed by atoms with van der Waals surface area (Å²) in [7, 11) is 0. The molecule has 0 radical (unpaired) electrons. The second-order valence-electron chi connectivity index (χ2n) is 4.72. The van der Waals surface area contributed by atoms with Gasteiger partial charge in [0.2, 0.25) is 0 Å². The molecule has 0 aliphatic carbocycles. The molecule has 1 unspecified atom stereocenters. The second-order valence-corrected chi connectivity index (χ2v) is 5.64. The van der Waals surface area contributed by atoms with Gasteiger partial charge in [0.1, 0.15) is 5.75 Å². The molecule has 118 valence electrons. The molecular formula is C15H17BrN2O4. The van der Waals surface area contributed by atoms with Gasteiger partial charge in [0.05, 0.1) is 6.61 Å². The summed E-state index contributed by atoms with van der Waals surface area (Å²) in [5.41, 5.74) is 0. The van der Waals surface area contributed by atoms with Crippen LogP contribution < -0.4 is 4.74 Å². The molecule has 1 heterocycles. The minimum absolute atomic E-state index is 0.269. The van der Waals surface area contributed by atoms with E-state index in [0.29, 0.717) is 24.7 Å². The van der Waals surface area contributed by atoms with Crippen LogP contribution in [0.15, 0.2) is 33.3 Å². The third kappa shape index (κ3) is 5.14. The fraction of sp³-hybridized carbons (Fsp3) is 0.400. The lowest BCUT2D eigenvalue weighted by Crippen LogP contribution is -2.10. The minimum atomic E-state index is -0.542. The van der Waals surface area contributed by atoms with Crippen molar-refractivity contribution < 1.29 is 18.8 Å². The molecule has 0 aliphatic heterocycles. The lowest BCUT2D eigenvalue weighted by Gasteiger charge is -2.09. The van der Waals surface area contributed by atoms with Crippen LogP contribution in [0.1, 0.15) is 37.6 Å². The van der Waals surface area contributed by atoms with Crippen LogP contribution in [0.2, 0.25) is 0 Å². The molecule has 0 saturated heterocycles. The van der Waals surface area contributed by atoms with Crippen molar-refractivity contribution in [3.8, 4) is 5.75 Å². The largest absolute Gasteiger partial charge is 0.494 e. The minimum Gasteiger partial charge on any atom is -0.494 e. The molecule has 6 nitrogen and oxygen atoms in total. The van der Waals surface area contributed by atoms with E-state index in [1.807, 2.05) is 24.3 Å². The van der Waals surface area contributed by atoms with Crippen molar-refractivity contribution in [1.29, 1.82) is 0 Å². The zero-order chi connectivity index (χ0) is 15.9. The molecule has 7 heteroatoms. The fourth-order valence-electron chi connectivity index (χ4n) is 1.75. The van der Waals surface area contributed by atoms with E-state index < -0.39 is 6.10 Å². The van der Waals surface area contributed by atoms with E-state index in [2.05, 4.69) is 26.1 Å². The van der Waals surface area contributed by atoms with Crippen molar-refractivity contribution in [1.82, 2.24) is 10.1 Å². The summed E-state index contributed by atoms with van der Waals surface area (Å²) >= 11 is 3.37. The number of ether oxygens (including phenoxy) is 2. The zero-order valence-electron chi connectivity index (χ0n) is 12.4. The van der Waals surface area contributed by atoms with E-state index in [-0.39, 0.29) is 12.4 Å². The standard InChI is InChI=1S/C15H17BrN2O4/c1-10(15-17-11(2)18-22-15)21-14(19)7-4-8-20-13-6-3-5-12(16)9-13/h3,5-6,9-10H,4,7-8H2,1-2H3. The first kappa shape index (κ1) is 16.5. The maximum absolute atomic E-state index is 11.7. The normalized spacial score (nSPS) is 12.0. The Morgan fingerprint density at radius 1 is 1.45 bits per heavy atom. The number of aromatic nitrogens is 2. The van der Waals surface area contributed by atoms with Crippen LogP contribution in [-0.2, 0) is 9.53 Å². The molecule has 0 saturated carbocycles. The monoisotopic (exact) mass is 368 g/mol. The second kappa shape index (κ2) is 7.93. The summed E-state index contributed by atoms with van der Waals surface area (Å²) in [5.74, 6) is 1.26. The molecule has 0 spiro atoms. The van der Waals surface area contributed by atoms with Crippen LogP contribution in [0, 0.1) is 6.92 Å². The Morgan fingerprint density at radius 3 is 2.95 bits per heavy atom. The molecule has 22 heavy (non-hydrogen) atoms. The Kier molecular flexibility index (Phi) is 5.94. The first-order chi connectivity index (χ1) is 10.5. The van der Waals surface area contributed by atoms with Crippen molar-refractivity contribution in [3.63, 3.8) is 0 Å². The highest BCUT2D eigenvalue weighted by molar-refractivity contribution is 9.10. The predicted molar refractivity (Wildman–Crippen MR) is 82.4 cm³/mol. The Morgan fingerprint density at radius 2 is 2.27 bits per heavy atom. The summed E-state index contributed by atoms with van der Waals surface area (Å²) in [6.45, 7) is 3.85. The third-order valence-electron chi connectivity index (χ3n) is 2.79. The summed E-state index contributed by atoms with van der Waals surface area (Å²) < 4.78 is 16.7. The number of nitrogens with zero attached hydrogens (tertiary/aromatic N) is 2. The first-order valence-corrected chi connectivity index (χ1v) is 7.72. The number of hydrogen-bond acceptors (Lipinski definition) is 6. The highest BCUT2D eigenvalue weighted by Crippen LogP contribution is 2.18. The molecule has 2 aromatic rings. The molecule has 0 N–H and O–H groups in total. The average Bonchev–Trinajstić information content (AvgIpc) is 2.90. The smallest absolute Gasteiger partial charge is 0.306 e. The van der Waals surface area contributed by atoms with E-state index >= 15 is 0 Å². The highest BCUT2D eigenvalue weighted by Gasteiger charge is 2.17. The summed E-state index contributed by atoms with van der Waals surface area (Å²) in [6, 6.07) is 7.55. The Labute approximate surface area is 136 Å². The first-order valence-electron chi connectivity index (χ1n) is 6.92. The Bertz CT molecular complexity index is 630. The molecule has 0 amide bonds. The van der Waals surface area contributed by atoms with Gasteiger partial charge in [-0.15, -0.1) is 0 Å². The third-order valence-corrected chi connectivity index (χ3v) is 3.28. The number of aryl methyl sites for hydroxylation is 1. The van der Waals surface area contributed by atoms with E-state index in [9.17, 15) is 4.79 Å². The quantitative estimate of drug-likeness (QED) is 0.548. The Hall–Kier alpha value is -1.89. The number of rotatable bonds is 7.